The van der Waals surface area contributed by atoms with Crippen LogP contribution in [0, 0.1) is 6.92 Å². The first-order valence-electron chi connectivity index (χ1n) is 5.16. The molecule has 1 amide bonds. The Morgan fingerprint density at radius 2 is 2.14 bits per heavy atom. The fourth-order valence-corrected chi connectivity index (χ4v) is 2.15. The molecule has 72 valence electrons. The molecule has 0 atom stereocenters. The molecule has 1 heterocycles. The van der Waals surface area contributed by atoms with Crippen molar-refractivity contribution in [3.63, 3.8) is 0 Å². The Morgan fingerprint density at radius 1 is 1.36 bits per heavy atom. The highest BCUT2D eigenvalue weighted by Crippen LogP contribution is 2.34. The maximum absolute atomic E-state index is 11.9. The lowest BCUT2D eigenvalue weighted by Crippen LogP contribution is -2.25. The van der Waals surface area contributed by atoms with Crippen LogP contribution in [0.5, 0.6) is 0 Å². The third-order valence-electron chi connectivity index (χ3n) is 3.08. The van der Waals surface area contributed by atoms with Crippen LogP contribution in [0.2, 0.25) is 0 Å². The molecular formula is C12H13NO. The van der Waals surface area contributed by atoms with Crippen LogP contribution >= 0.6 is 0 Å². The summed E-state index contributed by atoms with van der Waals surface area (Å²) in [6.07, 6.45) is 2.39. The van der Waals surface area contributed by atoms with Crippen molar-refractivity contribution in [3.8, 4) is 0 Å². The Morgan fingerprint density at radius 3 is 2.86 bits per heavy atom. The fraction of sp³-hybridized carbons (Fsp3) is 0.417. The van der Waals surface area contributed by atoms with E-state index in [1.165, 1.54) is 24.0 Å². The molecule has 0 spiro atoms. The molecule has 2 aliphatic rings. The number of amides is 1. The van der Waals surface area contributed by atoms with Crippen LogP contribution in [-0.2, 0) is 6.54 Å². The van der Waals surface area contributed by atoms with Crippen LogP contribution in [0.15, 0.2) is 18.2 Å². The van der Waals surface area contributed by atoms with Crippen molar-refractivity contribution in [2.45, 2.75) is 32.4 Å². The number of benzene rings is 1. The van der Waals surface area contributed by atoms with Gasteiger partial charge in [-0.2, -0.15) is 0 Å². The number of hydrogen-bond donors (Lipinski definition) is 0. The van der Waals surface area contributed by atoms with Gasteiger partial charge in [-0.3, -0.25) is 4.79 Å². The lowest BCUT2D eigenvalue weighted by atomic mass is 10.1. The largest absolute Gasteiger partial charge is 0.331 e. The Bertz CT molecular complexity index is 407. The molecule has 0 N–H and O–H groups in total. The average Bonchev–Trinajstić information content (AvgIpc) is 2.93. The number of nitrogens with zero attached hydrogens (tertiary/aromatic N) is 1. The summed E-state index contributed by atoms with van der Waals surface area (Å²) in [5, 5.41) is 0. The van der Waals surface area contributed by atoms with Crippen LogP contribution in [0.4, 0.5) is 0 Å². The van der Waals surface area contributed by atoms with Gasteiger partial charge in [-0.25, -0.2) is 0 Å². The van der Waals surface area contributed by atoms with E-state index >= 15 is 0 Å². The first-order valence-corrected chi connectivity index (χ1v) is 5.16. The number of hydrogen-bond acceptors (Lipinski definition) is 1. The van der Waals surface area contributed by atoms with Crippen LogP contribution in [0.3, 0.4) is 0 Å². The minimum atomic E-state index is 0.238. The zero-order chi connectivity index (χ0) is 9.71. The summed E-state index contributed by atoms with van der Waals surface area (Å²) in [6.45, 7) is 2.91. The van der Waals surface area contributed by atoms with Gasteiger partial charge in [0.1, 0.15) is 0 Å². The highest BCUT2D eigenvalue weighted by atomic mass is 16.2. The molecule has 2 heteroatoms. The SMILES string of the molecule is Cc1ccc2c(c1)CN(C1CC1)C2=O. The predicted molar refractivity (Wildman–Crippen MR) is 54.1 cm³/mol. The molecule has 1 aromatic rings. The Balaban J connectivity index is 2.01. The van der Waals surface area contributed by atoms with Gasteiger partial charge in [0.2, 0.25) is 0 Å². The second-order valence-corrected chi connectivity index (χ2v) is 4.32. The first-order chi connectivity index (χ1) is 6.75. The van der Waals surface area contributed by atoms with Gasteiger partial charge in [-0.05, 0) is 31.4 Å². The molecule has 0 bridgehead atoms. The van der Waals surface area contributed by atoms with E-state index in [2.05, 4.69) is 13.0 Å². The molecule has 3 rings (SSSR count). The number of carbonyl (C=O) groups excluding carboxylic acids is 1. The van der Waals surface area contributed by atoms with Crippen molar-refractivity contribution in [2.75, 3.05) is 0 Å². The maximum Gasteiger partial charge on any atom is 0.254 e. The number of aryl methyl sites for hydroxylation is 1. The van der Waals surface area contributed by atoms with E-state index in [1.807, 2.05) is 17.0 Å². The number of rotatable bonds is 1. The summed E-state index contributed by atoms with van der Waals surface area (Å²) in [6, 6.07) is 6.66. The average molecular weight is 187 g/mol. The first kappa shape index (κ1) is 8.04. The van der Waals surface area contributed by atoms with E-state index < -0.39 is 0 Å². The van der Waals surface area contributed by atoms with E-state index in [0.717, 1.165) is 12.1 Å². The summed E-state index contributed by atoms with van der Waals surface area (Å²) in [4.78, 5) is 13.9. The van der Waals surface area contributed by atoms with Gasteiger partial charge >= 0.3 is 0 Å². The lowest BCUT2D eigenvalue weighted by molar-refractivity contribution is 0.0766. The molecule has 0 aromatic heterocycles. The Kier molecular flexibility index (Phi) is 1.49. The minimum absolute atomic E-state index is 0.238. The molecule has 2 nitrogen and oxygen atoms in total. The molecule has 1 fully saturated rings. The van der Waals surface area contributed by atoms with Crippen molar-refractivity contribution >= 4 is 5.91 Å². The van der Waals surface area contributed by atoms with Crippen LogP contribution in [0.25, 0.3) is 0 Å². The topological polar surface area (TPSA) is 20.3 Å². The maximum atomic E-state index is 11.9. The molecule has 0 radical (unpaired) electrons. The number of carbonyl (C=O) groups is 1. The van der Waals surface area contributed by atoms with E-state index in [-0.39, 0.29) is 5.91 Å². The molecular weight excluding hydrogens is 174 g/mol. The van der Waals surface area contributed by atoms with Gasteiger partial charge in [0, 0.05) is 18.2 Å². The van der Waals surface area contributed by atoms with E-state index in [1.54, 1.807) is 0 Å². The van der Waals surface area contributed by atoms with Crippen LogP contribution < -0.4 is 0 Å². The minimum Gasteiger partial charge on any atom is -0.331 e. The van der Waals surface area contributed by atoms with Gasteiger partial charge in [0.25, 0.3) is 5.91 Å². The van der Waals surface area contributed by atoms with Crippen molar-refractivity contribution in [1.29, 1.82) is 0 Å². The fourth-order valence-electron chi connectivity index (χ4n) is 2.15. The quantitative estimate of drug-likeness (QED) is 0.659. The Hall–Kier alpha value is -1.31. The van der Waals surface area contributed by atoms with Crippen molar-refractivity contribution in [2.24, 2.45) is 0 Å². The predicted octanol–water partition coefficient (Wildman–Crippen LogP) is 2.11. The van der Waals surface area contributed by atoms with Crippen molar-refractivity contribution in [1.82, 2.24) is 4.90 Å². The second kappa shape index (κ2) is 2.59. The smallest absolute Gasteiger partial charge is 0.254 e. The van der Waals surface area contributed by atoms with Crippen molar-refractivity contribution < 1.29 is 4.79 Å². The molecule has 1 aromatic carbocycles. The normalized spacial score (nSPS) is 20.1. The monoisotopic (exact) mass is 187 g/mol. The van der Waals surface area contributed by atoms with E-state index in [4.69, 9.17) is 0 Å². The molecule has 1 aliphatic heterocycles. The third kappa shape index (κ3) is 1.07. The van der Waals surface area contributed by atoms with Crippen LogP contribution in [-0.4, -0.2) is 16.8 Å². The summed E-state index contributed by atoms with van der Waals surface area (Å²) >= 11 is 0. The molecule has 1 saturated carbocycles. The summed E-state index contributed by atoms with van der Waals surface area (Å²) in [5.74, 6) is 0.238. The molecule has 14 heavy (non-hydrogen) atoms. The van der Waals surface area contributed by atoms with Gasteiger partial charge in [0.05, 0.1) is 0 Å². The van der Waals surface area contributed by atoms with E-state index in [0.29, 0.717) is 6.04 Å². The van der Waals surface area contributed by atoms with Gasteiger partial charge in [0.15, 0.2) is 0 Å². The van der Waals surface area contributed by atoms with Gasteiger partial charge < -0.3 is 4.90 Å². The summed E-state index contributed by atoms with van der Waals surface area (Å²) < 4.78 is 0. The van der Waals surface area contributed by atoms with Crippen LogP contribution in [0.1, 0.15) is 34.3 Å². The third-order valence-corrected chi connectivity index (χ3v) is 3.08. The Labute approximate surface area is 83.5 Å². The lowest BCUT2D eigenvalue weighted by Gasteiger charge is -2.13. The van der Waals surface area contributed by atoms with Gasteiger partial charge in [-0.1, -0.05) is 17.7 Å². The second-order valence-electron chi connectivity index (χ2n) is 4.32. The standard InChI is InChI=1S/C12H13NO/c1-8-2-5-11-9(6-8)7-13(12(11)14)10-3-4-10/h2,5-6,10H,3-4,7H2,1H3. The summed E-state index contributed by atoms with van der Waals surface area (Å²) in [5.41, 5.74) is 3.37. The van der Waals surface area contributed by atoms with Gasteiger partial charge in [-0.15, -0.1) is 0 Å². The zero-order valence-corrected chi connectivity index (χ0v) is 8.29. The molecule has 0 saturated heterocycles. The highest BCUT2D eigenvalue weighted by Gasteiger charge is 2.37. The van der Waals surface area contributed by atoms with E-state index in [9.17, 15) is 4.79 Å². The zero-order valence-electron chi connectivity index (χ0n) is 8.29. The van der Waals surface area contributed by atoms with Crippen molar-refractivity contribution in [3.05, 3.63) is 34.9 Å². The molecule has 0 unspecified atom stereocenters. The summed E-state index contributed by atoms with van der Waals surface area (Å²) in [7, 11) is 0. The number of fused-ring (bicyclic) bond motifs is 1. The molecule has 1 aliphatic carbocycles. The highest BCUT2D eigenvalue weighted by molar-refractivity contribution is 5.98.